The Kier molecular flexibility index (Phi) is 4.70. The fourth-order valence-corrected chi connectivity index (χ4v) is 2.33. The lowest BCUT2D eigenvalue weighted by Crippen LogP contribution is -2.08. The maximum Gasteiger partial charge on any atom is 0.338 e. The number of hydrogen-bond donors (Lipinski definition) is 0. The van der Waals surface area contributed by atoms with Crippen LogP contribution in [0.3, 0.4) is 0 Å². The highest BCUT2D eigenvalue weighted by Gasteiger charge is 2.11. The lowest BCUT2D eigenvalue weighted by Gasteiger charge is -2.08. The van der Waals surface area contributed by atoms with Crippen molar-refractivity contribution >= 4 is 17.0 Å². The van der Waals surface area contributed by atoms with Crippen molar-refractivity contribution < 1.29 is 14.3 Å². The maximum absolute atomic E-state index is 12.2. The highest BCUT2D eigenvalue weighted by atomic mass is 16.5. The van der Waals surface area contributed by atoms with Gasteiger partial charge in [-0.3, -0.25) is 0 Å². The number of aromatic nitrogens is 2. The Balaban J connectivity index is 1.70. The van der Waals surface area contributed by atoms with E-state index >= 15 is 0 Å². The molecule has 0 saturated heterocycles. The summed E-state index contributed by atoms with van der Waals surface area (Å²) in [5, 5.41) is 0. The van der Waals surface area contributed by atoms with Gasteiger partial charge in [-0.05, 0) is 50.2 Å². The number of benzene rings is 2. The molecule has 2 aromatic carbocycles. The Hall–Kier alpha value is -2.95. The first kappa shape index (κ1) is 15.9. The van der Waals surface area contributed by atoms with Gasteiger partial charge in [0.05, 0.1) is 34.6 Å². The van der Waals surface area contributed by atoms with E-state index in [9.17, 15) is 4.79 Å². The van der Waals surface area contributed by atoms with E-state index in [0.717, 1.165) is 22.5 Å². The number of hydrogen-bond acceptors (Lipinski definition) is 5. The second-order valence-corrected chi connectivity index (χ2v) is 5.28. The van der Waals surface area contributed by atoms with Crippen LogP contribution >= 0.6 is 0 Å². The standard InChI is InChI=1S/C19H18N2O3/c1-3-23-15-10-8-14(9-11-15)19(22)24-12-18-13(2)20-16-6-4-5-7-17(16)21-18/h4-11H,3,12H2,1-2H3. The number of aryl methyl sites for hydroxylation is 1. The largest absolute Gasteiger partial charge is 0.494 e. The molecule has 1 heterocycles. The minimum atomic E-state index is -0.396. The number of rotatable bonds is 5. The Morgan fingerprint density at radius 3 is 2.33 bits per heavy atom. The van der Waals surface area contributed by atoms with E-state index in [1.807, 2.05) is 38.1 Å². The van der Waals surface area contributed by atoms with Gasteiger partial charge in [0, 0.05) is 0 Å². The third kappa shape index (κ3) is 3.51. The van der Waals surface area contributed by atoms with Gasteiger partial charge >= 0.3 is 5.97 Å². The van der Waals surface area contributed by atoms with Crippen molar-refractivity contribution in [1.29, 1.82) is 0 Å². The third-order valence-electron chi connectivity index (χ3n) is 3.58. The molecule has 0 saturated carbocycles. The van der Waals surface area contributed by atoms with Crippen molar-refractivity contribution in [2.75, 3.05) is 6.61 Å². The average molecular weight is 322 g/mol. The van der Waals surface area contributed by atoms with Gasteiger partial charge in [0.25, 0.3) is 0 Å². The molecule has 3 rings (SSSR count). The Morgan fingerprint density at radius 2 is 1.67 bits per heavy atom. The summed E-state index contributed by atoms with van der Waals surface area (Å²) in [5.74, 6) is 0.331. The summed E-state index contributed by atoms with van der Waals surface area (Å²) in [7, 11) is 0. The zero-order valence-electron chi connectivity index (χ0n) is 13.7. The average Bonchev–Trinajstić information content (AvgIpc) is 2.60. The van der Waals surface area contributed by atoms with E-state index < -0.39 is 5.97 Å². The normalized spacial score (nSPS) is 10.6. The summed E-state index contributed by atoms with van der Waals surface area (Å²) < 4.78 is 10.7. The SMILES string of the molecule is CCOc1ccc(C(=O)OCc2nc3ccccc3nc2C)cc1. The number of fused-ring (bicyclic) bond motifs is 1. The van der Waals surface area contributed by atoms with E-state index in [1.165, 1.54) is 0 Å². The van der Waals surface area contributed by atoms with Crippen LogP contribution < -0.4 is 4.74 Å². The van der Waals surface area contributed by atoms with E-state index in [-0.39, 0.29) is 6.61 Å². The lowest BCUT2D eigenvalue weighted by molar-refractivity contribution is 0.0467. The lowest BCUT2D eigenvalue weighted by atomic mass is 10.2. The molecule has 0 aliphatic rings. The van der Waals surface area contributed by atoms with Gasteiger partial charge in [-0.2, -0.15) is 0 Å². The molecule has 0 radical (unpaired) electrons. The zero-order valence-corrected chi connectivity index (χ0v) is 13.7. The molecule has 3 aromatic rings. The van der Waals surface area contributed by atoms with Crippen LogP contribution in [-0.4, -0.2) is 22.5 Å². The van der Waals surface area contributed by atoms with Crippen molar-refractivity contribution in [3.63, 3.8) is 0 Å². The predicted octanol–water partition coefficient (Wildman–Crippen LogP) is 3.69. The van der Waals surface area contributed by atoms with Crippen LogP contribution in [0.25, 0.3) is 11.0 Å². The van der Waals surface area contributed by atoms with Gasteiger partial charge in [-0.1, -0.05) is 12.1 Å². The van der Waals surface area contributed by atoms with Crippen LogP contribution in [0, 0.1) is 6.92 Å². The molecular formula is C19H18N2O3. The topological polar surface area (TPSA) is 61.3 Å². The summed E-state index contributed by atoms with van der Waals surface area (Å²) >= 11 is 0. The second-order valence-electron chi connectivity index (χ2n) is 5.28. The van der Waals surface area contributed by atoms with Gasteiger partial charge in [-0.15, -0.1) is 0 Å². The first-order chi connectivity index (χ1) is 11.7. The number of carbonyl (C=O) groups is 1. The molecule has 0 fully saturated rings. The van der Waals surface area contributed by atoms with E-state index in [1.54, 1.807) is 24.3 Å². The molecule has 0 amide bonds. The molecule has 1 aromatic heterocycles. The van der Waals surface area contributed by atoms with Gasteiger partial charge < -0.3 is 9.47 Å². The van der Waals surface area contributed by atoms with E-state index in [2.05, 4.69) is 9.97 Å². The predicted molar refractivity (Wildman–Crippen MR) is 91.0 cm³/mol. The van der Waals surface area contributed by atoms with E-state index in [0.29, 0.717) is 17.9 Å². The molecular weight excluding hydrogens is 304 g/mol. The maximum atomic E-state index is 12.2. The number of carbonyl (C=O) groups excluding carboxylic acids is 1. The highest BCUT2D eigenvalue weighted by Crippen LogP contribution is 2.15. The Morgan fingerprint density at radius 1 is 1.00 bits per heavy atom. The molecule has 0 N–H and O–H groups in total. The first-order valence-corrected chi connectivity index (χ1v) is 7.79. The molecule has 0 unspecified atom stereocenters. The van der Waals surface area contributed by atoms with Gasteiger partial charge in [0.15, 0.2) is 0 Å². The van der Waals surface area contributed by atoms with Crippen molar-refractivity contribution in [2.45, 2.75) is 20.5 Å². The minimum absolute atomic E-state index is 0.0930. The molecule has 0 aliphatic heterocycles. The Bertz CT molecular complexity index is 860. The first-order valence-electron chi connectivity index (χ1n) is 7.79. The van der Waals surface area contributed by atoms with Crippen LogP contribution in [0.5, 0.6) is 5.75 Å². The van der Waals surface area contributed by atoms with Crippen LogP contribution in [0.15, 0.2) is 48.5 Å². The molecule has 5 heteroatoms. The number of para-hydroxylation sites is 2. The highest BCUT2D eigenvalue weighted by molar-refractivity contribution is 5.89. The smallest absolute Gasteiger partial charge is 0.338 e. The van der Waals surface area contributed by atoms with Gasteiger partial charge in [0.2, 0.25) is 0 Å². The summed E-state index contributed by atoms with van der Waals surface area (Å²) in [6.45, 7) is 4.45. The number of esters is 1. The van der Waals surface area contributed by atoms with Crippen LogP contribution in [-0.2, 0) is 11.3 Å². The number of ether oxygens (including phenoxy) is 2. The summed E-state index contributed by atoms with van der Waals surface area (Å²) in [4.78, 5) is 21.2. The Labute approximate surface area is 140 Å². The summed E-state index contributed by atoms with van der Waals surface area (Å²) in [5.41, 5.74) is 3.51. The third-order valence-corrected chi connectivity index (χ3v) is 3.58. The zero-order chi connectivity index (χ0) is 16.9. The minimum Gasteiger partial charge on any atom is -0.494 e. The van der Waals surface area contributed by atoms with E-state index in [4.69, 9.17) is 9.47 Å². The van der Waals surface area contributed by atoms with Crippen molar-refractivity contribution in [3.8, 4) is 5.75 Å². The molecule has 24 heavy (non-hydrogen) atoms. The molecule has 0 spiro atoms. The van der Waals surface area contributed by atoms with Crippen LogP contribution in [0.4, 0.5) is 0 Å². The molecule has 5 nitrogen and oxygen atoms in total. The van der Waals surface area contributed by atoms with Crippen molar-refractivity contribution in [3.05, 3.63) is 65.5 Å². The fraction of sp³-hybridized carbons (Fsp3) is 0.211. The second kappa shape index (κ2) is 7.08. The summed E-state index contributed by atoms with van der Waals surface area (Å²) in [6, 6.07) is 14.5. The number of nitrogens with zero attached hydrogens (tertiary/aromatic N) is 2. The fourth-order valence-electron chi connectivity index (χ4n) is 2.33. The van der Waals surface area contributed by atoms with Crippen molar-refractivity contribution in [2.24, 2.45) is 0 Å². The van der Waals surface area contributed by atoms with Gasteiger partial charge in [0.1, 0.15) is 12.4 Å². The monoisotopic (exact) mass is 322 g/mol. The quantitative estimate of drug-likeness (QED) is 0.670. The molecule has 0 atom stereocenters. The molecule has 122 valence electrons. The van der Waals surface area contributed by atoms with Crippen molar-refractivity contribution in [1.82, 2.24) is 9.97 Å². The summed E-state index contributed by atoms with van der Waals surface area (Å²) in [6.07, 6.45) is 0. The van der Waals surface area contributed by atoms with Gasteiger partial charge in [-0.25, -0.2) is 14.8 Å². The molecule has 0 bridgehead atoms. The van der Waals surface area contributed by atoms with Crippen LogP contribution in [0.1, 0.15) is 28.7 Å². The van der Waals surface area contributed by atoms with Crippen LogP contribution in [0.2, 0.25) is 0 Å². The molecule has 0 aliphatic carbocycles.